The quantitative estimate of drug-likeness (QED) is 0.592. The lowest BCUT2D eigenvalue weighted by Crippen LogP contribution is -2.26. The van der Waals surface area contributed by atoms with Gasteiger partial charge >= 0.3 is 5.97 Å². The lowest BCUT2D eigenvalue weighted by atomic mass is 10.4. The van der Waals surface area contributed by atoms with E-state index in [-0.39, 0.29) is 18.9 Å². The van der Waals surface area contributed by atoms with Crippen molar-refractivity contribution in [3.05, 3.63) is 18.2 Å². The molecule has 0 bridgehead atoms. The first-order valence-corrected chi connectivity index (χ1v) is 3.68. The second kappa shape index (κ2) is 4.24. The Balaban J connectivity index is 2.31. The standard InChI is InChI=1S/C7H9N3O3/c11-6(12)1-2-9-7(13)5-3-8-4-10-5/h3-4H,1-2H2,(H,8,10)(H,9,13)(H,11,12). The van der Waals surface area contributed by atoms with Gasteiger partial charge in [0, 0.05) is 6.54 Å². The number of imidazole rings is 1. The van der Waals surface area contributed by atoms with Gasteiger partial charge in [0.15, 0.2) is 0 Å². The van der Waals surface area contributed by atoms with Crippen LogP contribution in [0.4, 0.5) is 0 Å². The molecule has 1 heterocycles. The lowest BCUT2D eigenvalue weighted by Gasteiger charge is -1.99. The van der Waals surface area contributed by atoms with E-state index in [9.17, 15) is 9.59 Å². The molecule has 0 aromatic carbocycles. The zero-order valence-corrected chi connectivity index (χ0v) is 6.78. The number of carboxylic acid groups (broad SMARTS) is 1. The van der Waals surface area contributed by atoms with Gasteiger partial charge in [0.25, 0.3) is 5.91 Å². The summed E-state index contributed by atoms with van der Waals surface area (Å²) in [5.74, 6) is -1.29. The Hall–Kier alpha value is -1.85. The van der Waals surface area contributed by atoms with Gasteiger partial charge in [0.2, 0.25) is 0 Å². The number of carbonyl (C=O) groups excluding carboxylic acids is 1. The number of H-pyrrole nitrogens is 1. The molecule has 1 aromatic heterocycles. The smallest absolute Gasteiger partial charge is 0.305 e. The maximum absolute atomic E-state index is 11.1. The summed E-state index contributed by atoms with van der Waals surface area (Å²) in [5, 5.41) is 10.7. The largest absolute Gasteiger partial charge is 0.481 e. The van der Waals surface area contributed by atoms with Crippen LogP contribution in [0.5, 0.6) is 0 Å². The van der Waals surface area contributed by atoms with E-state index in [1.165, 1.54) is 12.5 Å². The normalized spacial score (nSPS) is 9.54. The fourth-order valence-electron chi connectivity index (χ4n) is 0.758. The van der Waals surface area contributed by atoms with Crippen molar-refractivity contribution >= 4 is 11.9 Å². The first-order valence-electron chi connectivity index (χ1n) is 3.68. The molecule has 0 spiro atoms. The van der Waals surface area contributed by atoms with Crippen LogP contribution in [0.1, 0.15) is 16.9 Å². The molecular weight excluding hydrogens is 174 g/mol. The summed E-state index contributed by atoms with van der Waals surface area (Å²) in [5.41, 5.74) is 0.324. The Morgan fingerprint density at radius 1 is 1.62 bits per heavy atom. The van der Waals surface area contributed by atoms with Gasteiger partial charge in [-0.3, -0.25) is 9.59 Å². The summed E-state index contributed by atoms with van der Waals surface area (Å²) >= 11 is 0. The van der Waals surface area contributed by atoms with Crippen LogP contribution >= 0.6 is 0 Å². The highest BCUT2D eigenvalue weighted by Gasteiger charge is 2.05. The fraction of sp³-hybridized carbons (Fsp3) is 0.286. The Labute approximate surface area is 74.0 Å². The highest BCUT2D eigenvalue weighted by Crippen LogP contribution is 1.89. The first-order chi connectivity index (χ1) is 6.20. The number of aromatic amines is 1. The number of carbonyl (C=O) groups is 2. The second-order valence-corrected chi connectivity index (χ2v) is 2.36. The summed E-state index contributed by atoms with van der Waals surface area (Å²) in [4.78, 5) is 27.5. The predicted octanol–water partition coefficient (Wildman–Crippen LogP) is -0.386. The van der Waals surface area contributed by atoms with Gasteiger partial charge in [-0.2, -0.15) is 0 Å². The Bertz CT molecular complexity index is 294. The molecule has 1 amide bonds. The molecule has 0 unspecified atom stereocenters. The SMILES string of the molecule is O=C(O)CCNC(=O)c1cnc[nH]1. The zero-order chi connectivity index (χ0) is 9.68. The van der Waals surface area contributed by atoms with Gasteiger partial charge < -0.3 is 15.4 Å². The highest BCUT2D eigenvalue weighted by molar-refractivity contribution is 5.92. The highest BCUT2D eigenvalue weighted by atomic mass is 16.4. The Morgan fingerprint density at radius 3 is 2.92 bits per heavy atom. The van der Waals surface area contributed by atoms with E-state index in [0.29, 0.717) is 5.69 Å². The van der Waals surface area contributed by atoms with E-state index >= 15 is 0 Å². The third-order valence-corrected chi connectivity index (χ3v) is 1.37. The van der Waals surface area contributed by atoms with E-state index < -0.39 is 5.97 Å². The van der Waals surface area contributed by atoms with E-state index in [4.69, 9.17) is 5.11 Å². The molecule has 13 heavy (non-hydrogen) atoms. The number of nitrogens with zero attached hydrogens (tertiary/aromatic N) is 1. The minimum Gasteiger partial charge on any atom is -0.481 e. The molecule has 6 nitrogen and oxygen atoms in total. The first kappa shape index (κ1) is 9.24. The summed E-state index contributed by atoms with van der Waals surface area (Å²) in [6.45, 7) is 0.118. The monoisotopic (exact) mass is 183 g/mol. The van der Waals surface area contributed by atoms with E-state index in [1.54, 1.807) is 0 Å². The van der Waals surface area contributed by atoms with Crippen LogP contribution < -0.4 is 5.32 Å². The van der Waals surface area contributed by atoms with Crippen LogP contribution in [-0.4, -0.2) is 33.5 Å². The minimum absolute atomic E-state index is 0.0835. The van der Waals surface area contributed by atoms with Crippen LogP contribution in [0.3, 0.4) is 0 Å². The van der Waals surface area contributed by atoms with Crippen LogP contribution in [0.15, 0.2) is 12.5 Å². The molecule has 0 saturated carbocycles. The summed E-state index contributed by atoms with van der Waals surface area (Å²) in [6, 6.07) is 0. The molecule has 0 aliphatic rings. The van der Waals surface area contributed by atoms with Crippen molar-refractivity contribution < 1.29 is 14.7 Å². The van der Waals surface area contributed by atoms with Crippen molar-refractivity contribution in [2.24, 2.45) is 0 Å². The summed E-state index contributed by atoms with van der Waals surface area (Å²) in [7, 11) is 0. The topological polar surface area (TPSA) is 95.1 Å². The molecule has 0 aliphatic carbocycles. The minimum atomic E-state index is -0.940. The van der Waals surface area contributed by atoms with Crippen LogP contribution in [-0.2, 0) is 4.79 Å². The molecule has 0 saturated heterocycles. The van der Waals surface area contributed by atoms with Gasteiger partial charge in [-0.15, -0.1) is 0 Å². The number of carboxylic acids is 1. The zero-order valence-electron chi connectivity index (χ0n) is 6.78. The molecule has 6 heteroatoms. The number of rotatable bonds is 4. The average Bonchev–Trinajstić information content (AvgIpc) is 2.55. The van der Waals surface area contributed by atoms with Gasteiger partial charge in [0.1, 0.15) is 5.69 Å². The van der Waals surface area contributed by atoms with Gasteiger partial charge in [0.05, 0.1) is 18.9 Å². The number of amides is 1. The van der Waals surface area contributed by atoms with Gasteiger partial charge in [-0.05, 0) is 0 Å². The van der Waals surface area contributed by atoms with Crippen LogP contribution in [0.2, 0.25) is 0 Å². The van der Waals surface area contributed by atoms with Crippen LogP contribution in [0.25, 0.3) is 0 Å². The predicted molar refractivity (Wildman–Crippen MR) is 43.2 cm³/mol. The van der Waals surface area contributed by atoms with E-state index in [2.05, 4.69) is 15.3 Å². The van der Waals surface area contributed by atoms with E-state index in [1.807, 2.05) is 0 Å². The average molecular weight is 183 g/mol. The Kier molecular flexibility index (Phi) is 3.02. The second-order valence-electron chi connectivity index (χ2n) is 2.36. The maximum atomic E-state index is 11.1. The third-order valence-electron chi connectivity index (χ3n) is 1.37. The van der Waals surface area contributed by atoms with Gasteiger partial charge in [-0.1, -0.05) is 0 Å². The molecule has 0 aliphatic heterocycles. The molecule has 0 fully saturated rings. The van der Waals surface area contributed by atoms with Gasteiger partial charge in [-0.25, -0.2) is 4.98 Å². The number of hydrogen-bond donors (Lipinski definition) is 3. The Morgan fingerprint density at radius 2 is 2.38 bits per heavy atom. The van der Waals surface area contributed by atoms with Crippen molar-refractivity contribution in [2.45, 2.75) is 6.42 Å². The molecule has 70 valence electrons. The fourth-order valence-corrected chi connectivity index (χ4v) is 0.758. The summed E-state index contributed by atoms with van der Waals surface area (Å²) in [6.07, 6.45) is 2.67. The molecular formula is C7H9N3O3. The van der Waals surface area contributed by atoms with Crippen molar-refractivity contribution in [2.75, 3.05) is 6.54 Å². The summed E-state index contributed by atoms with van der Waals surface area (Å²) < 4.78 is 0. The number of nitrogens with one attached hydrogen (secondary N) is 2. The van der Waals surface area contributed by atoms with Crippen molar-refractivity contribution in [1.82, 2.24) is 15.3 Å². The number of aliphatic carboxylic acids is 1. The number of hydrogen-bond acceptors (Lipinski definition) is 3. The van der Waals surface area contributed by atoms with Crippen molar-refractivity contribution in [1.29, 1.82) is 0 Å². The lowest BCUT2D eigenvalue weighted by molar-refractivity contribution is -0.136. The molecule has 0 radical (unpaired) electrons. The maximum Gasteiger partial charge on any atom is 0.305 e. The molecule has 1 rings (SSSR count). The van der Waals surface area contributed by atoms with Crippen LogP contribution in [0, 0.1) is 0 Å². The molecule has 3 N–H and O–H groups in total. The molecule has 1 aromatic rings. The van der Waals surface area contributed by atoms with E-state index in [0.717, 1.165) is 0 Å². The molecule has 0 atom stereocenters. The number of aromatic nitrogens is 2. The van der Waals surface area contributed by atoms with Crippen molar-refractivity contribution in [3.8, 4) is 0 Å². The third kappa shape index (κ3) is 2.94. The van der Waals surface area contributed by atoms with Crippen molar-refractivity contribution in [3.63, 3.8) is 0 Å².